The van der Waals surface area contributed by atoms with E-state index in [2.05, 4.69) is 27.0 Å². The number of nitrogens with zero attached hydrogens (tertiary/aromatic N) is 1. The van der Waals surface area contributed by atoms with Crippen LogP contribution in [-0.2, 0) is 16.8 Å². The second kappa shape index (κ2) is 3.34. The molecule has 0 saturated carbocycles. The number of fused-ring (bicyclic) bond motifs is 1. The van der Waals surface area contributed by atoms with Crippen molar-refractivity contribution >= 4 is 22.0 Å². The highest BCUT2D eigenvalue weighted by Gasteiger charge is 2.34. The van der Waals surface area contributed by atoms with Gasteiger partial charge in [-0.1, -0.05) is 22.0 Å². The van der Waals surface area contributed by atoms with E-state index in [0.717, 1.165) is 22.9 Å². The van der Waals surface area contributed by atoms with Crippen molar-refractivity contribution in [3.8, 4) is 0 Å². The Kier molecular flexibility index (Phi) is 2.30. The highest BCUT2D eigenvalue weighted by molar-refractivity contribution is 9.10. The molecule has 0 aliphatic heterocycles. The number of benzene rings is 1. The van der Waals surface area contributed by atoms with Crippen LogP contribution in [0.25, 0.3) is 0 Å². The van der Waals surface area contributed by atoms with Gasteiger partial charge in [-0.2, -0.15) is 4.99 Å². The van der Waals surface area contributed by atoms with Crippen LogP contribution >= 0.6 is 15.9 Å². The van der Waals surface area contributed by atoms with Crippen LogP contribution in [0, 0.1) is 0 Å². The third-order valence-corrected chi connectivity index (χ3v) is 3.32. The van der Waals surface area contributed by atoms with Gasteiger partial charge in [0.25, 0.3) is 0 Å². The molecule has 1 aromatic carbocycles. The maximum absolute atomic E-state index is 10.4. The molecule has 0 amide bonds. The van der Waals surface area contributed by atoms with Gasteiger partial charge in [0.1, 0.15) is 0 Å². The molecule has 72 valence electrons. The summed E-state index contributed by atoms with van der Waals surface area (Å²) in [5.41, 5.74) is 2.07. The van der Waals surface area contributed by atoms with Crippen LogP contribution in [0.15, 0.2) is 27.7 Å². The first-order valence-electron chi connectivity index (χ1n) is 4.54. The number of hydrogen-bond acceptors (Lipinski definition) is 2. The van der Waals surface area contributed by atoms with Gasteiger partial charge in [0.05, 0.1) is 5.54 Å². The van der Waals surface area contributed by atoms with E-state index in [9.17, 15) is 4.79 Å². The average molecular weight is 252 g/mol. The van der Waals surface area contributed by atoms with Crippen LogP contribution in [0.1, 0.15) is 24.5 Å². The van der Waals surface area contributed by atoms with Crippen molar-refractivity contribution < 1.29 is 4.79 Å². The monoisotopic (exact) mass is 251 g/mol. The summed E-state index contributed by atoms with van der Waals surface area (Å²) in [6, 6.07) is 6.16. The summed E-state index contributed by atoms with van der Waals surface area (Å²) in [6.45, 7) is 1.98. The lowest BCUT2D eigenvalue weighted by molar-refractivity contribution is 0.481. The molecule has 1 aromatic rings. The molecule has 0 heterocycles. The summed E-state index contributed by atoms with van der Waals surface area (Å²) >= 11 is 3.43. The number of aliphatic imine (C=N–C) groups is 1. The molecule has 0 saturated heterocycles. The van der Waals surface area contributed by atoms with Crippen LogP contribution in [0.5, 0.6) is 0 Å². The molecule has 1 unspecified atom stereocenters. The predicted molar refractivity (Wildman–Crippen MR) is 57.9 cm³/mol. The molecule has 2 nitrogen and oxygen atoms in total. The standard InChI is InChI=1S/C11H10BrNO/c1-11(13-7-14)5-4-8-2-3-9(12)6-10(8)11/h2-3,6H,4-5H2,1H3. The zero-order valence-electron chi connectivity index (χ0n) is 7.88. The van der Waals surface area contributed by atoms with Crippen molar-refractivity contribution in [3.05, 3.63) is 33.8 Å². The molecule has 0 N–H and O–H groups in total. The second-order valence-corrected chi connectivity index (χ2v) is 4.69. The summed E-state index contributed by atoms with van der Waals surface area (Å²) in [6.07, 6.45) is 3.56. The summed E-state index contributed by atoms with van der Waals surface area (Å²) in [4.78, 5) is 14.3. The van der Waals surface area contributed by atoms with Gasteiger partial charge in [-0.25, -0.2) is 4.79 Å². The van der Waals surface area contributed by atoms with Crippen molar-refractivity contribution in [2.75, 3.05) is 0 Å². The molecule has 2 rings (SSSR count). The van der Waals surface area contributed by atoms with E-state index in [1.54, 1.807) is 6.08 Å². The number of halogens is 1. The lowest BCUT2D eigenvalue weighted by Gasteiger charge is -2.17. The van der Waals surface area contributed by atoms with Gasteiger partial charge in [0, 0.05) is 4.47 Å². The molecule has 1 aliphatic carbocycles. The Bertz CT molecular complexity index is 423. The first-order valence-corrected chi connectivity index (χ1v) is 5.33. The molecule has 0 aromatic heterocycles. The number of isocyanates is 1. The van der Waals surface area contributed by atoms with Gasteiger partial charge in [-0.05, 0) is 43.0 Å². The smallest absolute Gasteiger partial charge is 0.211 e. The highest BCUT2D eigenvalue weighted by atomic mass is 79.9. The Balaban J connectivity index is 2.57. The normalized spacial score (nSPS) is 24.1. The van der Waals surface area contributed by atoms with E-state index in [1.165, 1.54) is 5.56 Å². The molecule has 0 bridgehead atoms. The first kappa shape index (κ1) is 9.63. The van der Waals surface area contributed by atoms with E-state index in [4.69, 9.17) is 0 Å². The molecule has 0 spiro atoms. The molecular weight excluding hydrogens is 242 g/mol. The first-order chi connectivity index (χ1) is 6.65. The van der Waals surface area contributed by atoms with Crippen LogP contribution in [0.2, 0.25) is 0 Å². The summed E-state index contributed by atoms with van der Waals surface area (Å²) in [5, 5.41) is 0. The van der Waals surface area contributed by atoms with E-state index >= 15 is 0 Å². The van der Waals surface area contributed by atoms with E-state index < -0.39 is 0 Å². The predicted octanol–water partition coefficient (Wildman–Crippen LogP) is 2.95. The third kappa shape index (κ3) is 1.43. The third-order valence-electron chi connectivity index (χ3n) is 2.83. The van der Waals surface area contributed by atoms with Crippen molar-refractivity contribution in [2.24, 2.45) is 4.99 Å². The number of hydrogen-bond donors (Lipinski definition) is 0. The van der Waals surface area contributed by atoms with Gasteiger partial charge < -0.3 is 0 Å². The maximum atomic E-state index is 10.4. The SMILES string of the molecule is CC1(N=C=O)CCc2ccc(Br)cc21. The minimum absolute atomic E-state index is 0.360. The fourth-order valence-corrected chi connectivity index (χ4v) is 2.36. The van der Waals surface area contributed by atoms with E-state index in [1.807, 2.05) is 19.1 Å². The van der Waals surface area contributed by atoms with Crippen LogP contribution in [0.3, 0.4) is 0 Å². The Labute approximate surface area is 91.2 Å². The molecule has 1 aliphatic rings. The molecule has 3 heteroatoms. The highest BCUT2D eigenvalue weighted by Crippen LogP contribution is 2.40. The Morgan fingerprint density at radius 2 is 2.36 bits per heavy atom. The number of aryl methyl sites for hydroxylation is 1. The summed E-state index contributed by atoms with van der Waals surface area (Å²) in [5.74, 6) is 0. The summed E-state index contributed by atoms with van der Waals surface area (Å²) < 4.78 is 1.03. The van der Waals surface area contributed by atoms with Crippen molar-refractivity contribution in [3.63, 3.8) is 0 Å². The molecule has 1 atom stereocenters. The van der Waals surface area contributed by atoms with Crippen molar-refractivity contribution in [1.29, 1.82) is 0 Å². The minimum atomic E-state index is -0.360. The van der Waals surface area contributed by atoms with E-state index in [-0.39, 0.29) is 5.54 Å². The molecule has 0 radical (unpaired) electrons. The molecule has 0 fully saturated rings. The van der Waals surface area contributed by atoms with Gasteiger partial charge >= 0.3 is 0 Å². The molecular formula is C11H10BrNO. The zero-order chi connectivity index (χ0) is 10.2. The van der Waals surface area contributed by atoms with Gasteiger partial charge in [-0.3, -0.25) is 0 Å². The van der Waals surface area contributed by atoms with Gasteiger partial charge in [0.2, 0.25) is 6.08 Å². The maximum Gasteiger partial charge on any atom is 0.235 e. The average Bonchev–Trinajstić information content (AvgIpc) is 2.45. The Hall–Kier alpha value is -0.920. The fourth-order valence-electron chi connectivity index (χ4n) is 2.00. The zero-order valence-corrected chi connectivity index (χ0v) is 9.47. The Morgan fingerprint density at radius 3 is 3.07 bits per heavy atom. The summed E-state index contributed by atoms with van der Waals surface area (Å²) in [7, 11) is 0. The lowest BCUT2D eigenvalue weighted by atomic mass is 9.95. The van der Waals surface area contributed by atoms with Crippen molar-refractivity contribution in [2.45, 2.75) is 25.3 Å². The topological polar surface area (TPSA) is 29.4 Å². The van der Waals surface area contributed by atoms with Crippen molar-refractivity contribution in [1.82, 2.24) is 0 Å². The minimum Gasteiger partial charge on any atom is -0.211 e. The largest absolute Gasteiger partial charge is 0.235 e. The molecule has 14 heavy (non-hydrogen) atoms. The van der Waals surface area contributed by atoms with E-state index in [0.29, 0.717) is 0 Å². The number of carbonyl (C=O) groups excluding carboxylic acids is 1. The Morgan fingerprint density at radius 1 is 1.57 bits per heavy atom. The quantitative estimate of drug-likeness (QED) is 0.558. The van der Waals surface area contributed by atoms with Crippen LogP contribution < -0.4 is 0 Å². The van der Waals surface area contributed by atoms with Crippen LogP contribution in [0.4, 0.5) is 0 Å². The number of rotatable bonds is 1. The van der Waals surface area contributed by atoms with Gasteiger partial charge in [0.15, 0.2) is 0 Å². The van der Waals surface area contributed by atoms with Gasteiger partial charge in [-0.15, -0.1) is 0 Å². The van der Waals surface area contributed by atoms with Crippen LogP contribution in [-0.4, -0.2) is 6.08 Å². The fraction of sp³-hybridized carbons (Fsp3) is 0.364. The second-order valence-electron chi connectivity index (χ2n) is 3.78. The lowest BCUT2D eigenvalue weighted by Crippen LogP contribution is -2.14.